The van der Waals surface area contributed by atoms with Crippen LogP contribution in [0, 0.1) is 23.2 Å². The van der Waals surface area contributed by atoms with Gasteiger partial charge in [-0.15, -0.1) is 0 Å². The van der Waals surface area contributed by atoms with Gasteiger partial charge in [-0.05, 0) is 18.1 Å². The van der Waals surface area contributed by atoms with Gasteiger partial charge in [-0.25, -0.2) is 4.98 Å². The molecule has 0 fully saturated rings. The summed E-state index contributed by atoms with van der Waals surface area (Å²) in [5.41, 5.74) is 1.61. The second-order valence-electron chi connectivity index (χ2n) is 2.46. The number of aromatic nitrogens is 2. The Morgan fingerprint density at radius 1 is 1.46 bits per heavy atom. The van der Waals surface area contributed by atoms with E-state index in [2.05, 4.69) is 21.8 Å². The molecule has 13 heavy (non-hydrogen) atoms. The van der Waals surface area contributed by atoms with Crippen molar-refractivity contribution in [1.29, 1.82) is 5.26 Å². The maximum Gasteiger partial charge on any atom is 0.152 e. The zero-order valence-corrected chi connectivity index (χ0v) is 6.70. The minimum absolute atomic E-state index is 0.796. The van der Waals surface area contributed by atoms with Gasteiger partial charge in [0, 0.05) is 23.7 Å². The van der Waals surface area contributed by atoms with Gasteiger partial charge in [0.1, 0.15) is 5.65 Å². The molecule has 60 valence electrons. The van der Waals surface area contributed by atoms with E-state index in [0.29, 0.717) is 0 Å². The number of fused-ring (bicyclic) bond motifs is 1. The van der Waals surface area contributed by atoms with E-state index in [9.17, 15) is 0 Å². The SMILES string of the molecule is N#CC#Cc1c[nH]c2ncccc12. The van der Waals surface area contributed by atoms with E-state index in [1.165, 1.54) is 0 Å². The number of hydrogen-bond donors (Lipinski definition) is 1. The molecule has 0 aliphatic carbocycles. The van der Waals surface area contributed by atoms with Gasteiger partial charge in [-0.1, -0.05) is 0 Å². The summed E-state index contributed by atoms with van der Waals surface area (Å²) in [7, 11) is 0. The van der Waals surface area contributed by atoms with E-state index < -0.39 is 0 Å². The van der Waals surface area contributed by atoms with Crippen LogP contribution in [0.2, 0.25) is 0 Å². The van der Waals surface area contributed by atoms with Crippen LogP contribution in [0.3, 0.4) is 0 Å². The van der Waals surface area contributed by atoms with E-state index in [0.717, 1.165) is 16.6 Å². The minimum Gasteiger partial charge on any atom is -0.345 e. The van der Waals surface area contributed by atoms with E-state index in [-0.39, 0.29) is 0 Å². The van der Waals surface area contributed by atoms with Crippen LogP contribution in [-0.4, -0.2) is 9.97 Å². The lowest BCUT2D eigenvalue weighted by Crippen LogP contribution is -1.73. The van der Waals surface area contributed by atoms with Crippen molar-refractivity contribution in [2.45, 2.75) is 0 Å². The number of nitrogens with zero attached hydrogens (tertiary/aromatic N) is 2. The number of H-pyrrole nitrogens is 1. The topological polar surface area (TPSA) is 52.5 Å². The fourth-order valence-corrected chi connectivity index (χ4v) is 1.15. The summed E-state index contributed by atoms with van der Waals surface area (Å²) in [5, 5.41) is 9.24. The van der Waals surface area contributed by atoms with Gasteiger partial charge in [0.2, 0.25) is 0 Å². The third kappa shape index (κ3) is 1.23. The Balaban J connectivity index is 2.66. The molecule has 0 atom stereocenters. The molecular weight excluding hydrogens is 162 g/mol. The first-order valence-electron chi connectivity index (χ1n) is 3.74. The molecule has 2 aromatic rings. The predicted octanol–water partition coefficient (Wildman–Crippen LogP) is 1.44. The number of aromatic amines is 1. The predicted molar refractivity (Wildman–Crippen MR) is 48.6 cm³/mol. The van der Waals surface area contributed by atoms with Gasteiger partial charge in [-0.2, -0.15) is 5.26 Å². The zero-order chi connectivity index (χ0) is 9.10. The van der Waals surface area contributed by atoms with Gasteiger partial charge in [0.25, 0.3) is 0 Å². The highest BCUT2D eigenvalue weighted by Gasteiger charge is 1.99. The van der Waals surface area contributed by atoms with Gasteiger partial charge in [-0.3, -0.25) is 0 Å². The van der Waals surface area contributed by atoms with E-state index in [1.54, 1.807) is 18.5 Å². The normalized spacial score (nSPS) is 8.85. The second-order valence-corrected chi connectivity index (χ2v) is 2.46. The van der Waals surface area contributed by atoms with Gasteiger partial charge < -0.3 is 4.98 Å². The first-order valence-corrected chi connectivity index (χ1v) is 3.74. The van der Waals surface area contributed by atoms with Crippen molar-refractivity contribution in [3.05, 3.63) is 30.1 Å². The van der Waals surface area contributed by atoms with Crippen LogP contribution in [0.5, 0.6) is 0 Å². The lowest BCUT2D eigenvalue weighted by molar-refractivity contribution is 1.33. The minimum atomic E-state index is 0.796. The van der Waals surface area contributed by atoms with Crippen molar-refractivity contribution in [3.63, 3.8) is 0 Å². The maximum atomic E-state index is 8.29. The largest absolute Gasteiger partial charge is 0.345 e. The first kappa shape index (κ1) is 7.39. The molecule has 2 rings (SSSR count). The smallest absolute Gasteiger partial charge is 0.152 e. The number of pyridine rings is 1. The fourth-order valence-electron chi connectivity index (χ4n) is 1.15. The molecule has 0 spiro atoms. The average molecular weight is 167 g/mol. The third-order valence-corrected chi connectivity index (χ3v) is 1.70. The number of nitrogens with one attached hydrogen (secondary N) is 1. The molecule has 3 heteroatoms. The van der Waals surface area contributed by atoms with Gasteiger partial charge in [0.05, 0.1) is 5.56 Å². The molecule has 0 radical (unpaired) electrons. The van der Waals surface area contributed by atoms with Crippen molar-refractivity contribution >= 4 is 11.0 Å². The molecule has 0 aromatic carbocycles. The van der Waals surface area contributed by atoms with Crippen LogP contribution < -0.4 is 0 Å². The molecule has 0 saturated carbocycles. The van der Waals surface area contributed by atoms with Gasteiger partial charge in [0.15, 0.2) is 6.07 Å². The fraction of sp³-hybridized carbons (Fsp3) is 0. The van der Waals surface area contributed by atoms with E-state index >= 15 is 0 Å². The second kappa shape index (κ2) is 3.00. The molecule has 2 aromatic heterocycles. The summed E-state index contributed by atoms with van der Waals surface area (Å²) < 4.78 is 0. The Bertz CT molecular complexity index is 534. The van der Waals surface area contributed by atoms with Crippen LogP contribution >= 0.6 is 0 Å². The van der Waals surface area contributed by atoms with Crippen LogP contribution in [-0.2, 0) is 0 Å². The van der Waals surface area contributed by atoms with E-state index in [4.69, 9.17) is 5.26 Å². The molecule has 0 bridgehead atoms. The molecule has 1 N–H and O–H groups in total. The van der Waals surface area contributed by atoms with Crippen LogP contribution in [0.15, 0.2) is 24.5 Å². The third-order valence-electron chi connectivity index (χ3n) is 1.70. The molecule has 0 aliphatic rings. The van der Waals surface area contributed by atoms with Crippen molar-refractivity contribution in [3.8, 4) is 17.9 Å². The monoisotopic (exact) mass is 167 g/mol. The molecule has 2 heterocycles. The summed E-state index contributed by atoms with van der Waals surface area (Å²) in [6, 6.07) is 5.53. The standard InChI is InChI=1S/C10H5N3/c11-5-1-3-8-7-13-10-9(8)4-2-6-12-10/h2,4,6-7H,(H,12,13). The highest BCUT2D eigenvalue weighted by Crippen LogP contribution is 2.13. The van der Waals surface area contributed by atoms with Crippen molar-refractivity contribution in [2.24, 2.45) is 0 Å². The Hall–Kier alpha value is -2.26. The van der Waals surface area contributed by atoms with Crippen molar-refractivity contribution in [1.82, 2.24) is 9.97 Å². The average Bonchev–Trinajstić information content (AvgIpc) is 2.58. The lowest BCUT2D eigenvalue weighted by Gasteiger charge is -1.85. The molecule has 0 aliphatic heterocycles. The Morgan fingerprint density at radius 2 is 2.38 bits per heavy atom. The summed E-state index contributed by atoms with van der Waals surface area (Å²) >= 11 is 0. The van der Waals surface area contributed by atoms with Crippen molar-refractivity contribution in [2.75, 3.05) is 0 Å². The Labute approximate surface area is 75.0 Å². The highest BCUT2D eigenvalue weighted by atomic mass is 14.8. The first-order chi connectivity index (χ1) is 6.42. The van der Waals surface area contributed by atoms with E-state index in [1.807, 2.05) is 12.1 Å². The quantitative estimate of drug-likeness (QED) is 0.603. The number of nitriles is 1. The van der Waals surface area contributed by atoms with Crippen LogP contribution in [0.1, 0.15) is 5.56 Å². The summed E-state index contributed by atoms with van der Waals surface area (Å²) in [6.07, 6.45) is 3.46. The summed E-state index contributed by atoms with van der Waals surface area (Å²) in [6.45, 7) is 0. The number of rotatable bonds is 0. The molecular formula is C10H5N3. The summed E-state index contributed by atoms with van der Waals surface area (Å²) in [4.78, 5) is 7.08. The van der Waals surface area contributed by atoms with Crippen LogP contribution in [0.25, 0.3) is 11.0 Å². The van der Waals surface area contributed by atoms with Crippen LogP contribution in [0.4, 0.5) is 0 Å². The molecule has 0 unspecified atom stereocenters. The molecule has 3 nitrogen and oxygen atoms in total. The summed E-state index contributed by atoms with van der Waals surface area (Å²) in [5.74, 6) is 5.09. The molecule has 0 saturated heterocycles. The van der Waals surface area contributed by atoms with Crippen molar-refractivity contribution < 1.29 is 0 Å². The molecule has 0 amide bonds. The zero-order valence-electron chi connectivity index (χ0n) is 6.70. The maximum absolute atomic E-state index is 8.29. The Morgan fingerprint density at radius 3 is 3.23 bits per heavy atom. The lowest BCUT2D eigenvalue weighted by atomic mass is 10.2. The highest BCUT2D eigenvalue weighted by molar-refractivity contribution is 5.82. The van der Waals surface area contributed by atoms with Gasteiger partial charge >= 0.3 is 0 Å². The number of hydrogen-bond acceptors (Lipinski definition) is 2. The Kier molecular flexibility index (Phi) is 1.71.